The van der Waals surface area contributed by atoms with Crippen molar-refractivity contribution in [3.05, 3.63) is 60.2 Å². The van der Waals surface area contributed by atoms with Gasteiger partial charge in [-0.25, -0.2) is 8.42 Å². The Kier molecular flexibility index (Phi) is 5.73. The van der Waals surface area contributed by atoms with Crippen LogP contribution in [-0.4, -0.2) is 32.4 Å². The maximum Gasteiger partial charge on any atom is 0.421 e. The number of aliphatic hydroxyl groups is 1. The van der Waals surface area contributed by atoms with E-state index in [9.17, 15) is 39.9 Å². The van der Waals surface area contributed by atoms with E-state index < -0.39 is 50.7 Å². The van der Waals surface area contributed by atoms with E-state index in [1.54, 1.807) is 0 Å². The molecule has 1 unspecified atom stereocenters. The lowest BCUT2D eigenvalue weighted by Gasteiger charge is -2.28. The molecule has 28 heavy (non-hydrogen) atoms. The van der Waals surface area contributed by atoms with Crippen molar-refractivity contribution in [3.8, 4) is 0 Å². The molecule has 0 bridgehead atoms. The van der Waals surface area contributed by atoms with Crippen LogP contribution in [0, 0.1) is 0 Å². The molecule has 0 fully saturated rings. The van der Waals surface area contributed by atoms with Gasteiger partial charge in [-0.2, -0.15) is 26.3 Å². The summed E-state index contributed by atoms with van der Waals surface area (Å²) in [6, 6.07) is 9.33. The second-order valence-electron chi connectivity index (χ2n) is 6.06. The zero-order valence-corrected chi connectivity index (χ0v) is 15.1. The first-order valence-corrected chi connectivity index (χ1v) is 9.14. The molecule has 2 aromatic carbocycles. The Labute approximate surface area is 157 Å². The lowest BCUT2D eigenvalue weighted by Crippen LogP contribution is -2.40. The summed E-state index contributed by atoms with van der Waals surface area (Å²) < 4.78 is 103. The van der Waals surface area contributed by atoms with Gasteiger partial charge in [0.25, 0.3) is 10.0 Å². The third kappa shape index (κ3) is 4.58. The number of hydrogen-bond donors (Lipinski definition) is 1. The molecule has 11 heteroatoms. The van der Waals surface area contributed by atoms with Crippen molar-refractivity contribution in [2.45, 2.75) is 29.8 Å². The van der Waals surface area contributed by atoms with Crippen molar-refractivity contribution in [2.75, 3.05) is 10.8 Å². The maximum atomic E-state index is 13.0. The lowest BCUT2D eigenvalue weighted by molar-refractivity contribution is -0.258. The molecule has 0 saturated carbocycles. The van der Waals surface area contributed by atoms with Crippen LogP contribution in [-0.2, 0) is 15.6 Å². The highest BCUT2D eigenvalue weighted by atomic mass is 32.2. The normalized spacial score (nSPS) is 15.1. The molecule has 0 aliphatic heterocycles. The summed E-state index contributed by atoms with van der Waals surface area (Å²) in [6.07, 6.45) is -9.94. The Balaban J connectivity index is 2.51. The summed E-state index contributed by atoms with van der Waals surface area (Å²) >= 11 is 0. The second-order valence-corrected chi connectivity index (χ2v) is 7.92. The monoisotopic (exact) mass is 427 g/mol. The van der Waals surface area contributed by atoms with Crippen molar-refractivity contribution in [3.63, 3.8) is 0 Å². The van der Waals surface area contributed by atoms with Crippen LogP contribution >= 0.6 is 0 Å². The number of sulfonamides is 1. The average Bonchev–Trinajstić information content (AvgIpc) is 2.59. The molecule has 0 aromatic heterocycles. The summed E-state index contributed by atoms with van der Waals surface area (Å²) in [6.45, 7) is -1.39. The van der Waals surface area contributed by atoms with Gasteiger partial charge in [-0.3, -0.25) is 4.31 Å². The minimum atomic E-state index is -5.03. The van der Waals surface area contributed by atoms with Gasteiger partial charge in [-0.15, -0.1) is 0 Å². The molecular formula is C17H15F6NO3S. The second kappa shape index (κ2) is 7.28. The fourth-order valence-electron chi connectivity index (χ4n) is 2.31. The lowest BCUT2D eigenvalue weighted by atomic mass is 9.95. The first kappa shape index (κ1) is 22.0. The van der Waals surface area contributed by atoms with Crippen molar-refractivity contribution in [2.24, 2.45) is 0 Å². The molecule has 1 atom stereocenters. The van der Waals surface area contributed by atoms with Gasteiger partial charge in [0.05, 0.1) is 10.6 Å². The third-order valence-corrected chi connectivity index (χ3v) is 5.71. The summed E-state index contributed by atoms with van der Waals surface area (Å²) in [7, 11) is -4.64. The average molecular weight is 427 g/mol. The number of hydrogen-bond acceptors (Lipinski definition) is 3. The Morgan fingerprint density at radius 1 is 0.893 bits per heavy atom. The van der Waals surface area contributed by atoms with Gasteiger partial charge >= 0.3 is 12.4 Å². The molecule has 2 aromatic rings. The van der Waals surface area contributed by atoms with E-state index in [-0.39, 0.29) is 4.31 Å². The van der Waals surface area contributed by atoms with Crippen LogP contribution in [0.3, 0.4) is 0 Å². The third-order valence-electron chi connectivity index (χ3n) is 3.92. The highest BCUT2D eigenvalue weighted by Gasteiger charge is 2.51. The van der Waals surface area contributed by atoms with E-state index >= 15 is 0 Å². The molecule has 0 aliphatic carbocycles. The molecule has 0 radical (unpaired) electrons. The molecule has 0 heterocycles. The molecule has 0 spiro atoms. The maximum absolute atomic E-state index is 13.0. The molecular weight excluding hydrogens is 412 g/mol. The Bertz CT molecular complexity index is 907. The van der Waals surface area contributed by atoms with Crippen LogP contribution in [0.4, 0.5) is 32.0 Å². The molecule has 0 aliphatic rings. The van der Waals surface area contributed by atoms with E-state index in [1.807, 2.05) is 0 Å². The molecule has 154 valence electrons. The molecule has 0 amide bonds. The minimum absolute atomic E-state index is 0.0500. The van der Waals surface area contributed by atoms with Crippen molar-refractivity contribution < 1.29 is 39.9 Å². The SMILES string of the molecule is CC(O)(c1ccc(N(CC(F)(F)F)S(=O)(=O)c2ccccc2)cc1)C(F)(F)F. The Morgan fingerprint density at radius 3 is 1.82 bits per heavy atom. The number of alkyl halides is 6. The fourth-order valence-corrected chi connectivity index (χ4v) is 3.78. The van der Waals surface area contributed by atoms with Gasteiger partial charge in [0, 0.05) is 0 Å². The van der Waals surface area contributed by atoms with E-state index in [1.165, 1.54) is 18.2 Å². The van der Waals surface area contributed by atoms with Gasteiger partial charge < -0.3 is 5.11 Å². The van der Waals surface area contributed by atoms with Gasteiger partial charge in [-0.05, 0) is 36.8 Å². The summed E-state index contributed by atoms with van der Waals surface area (Å²) in [4.78, 5) is -0.411. The summed E-state index contributed by atoms with van der Waals surface area (Å²) in [5.41, 5.74) is -4.39. The molecule has 4 nitrogen and oxygen atoms in total. The van der Waals surface area contributed by atoms with Crippen molar-refractivity contribution in [1.29, 1.82) is 0 Å². The number of halogens is 6. The largest absolute Gasteiger partial charge is 0.421 e. The zero-order valence-electron chi connectivity index (χ0n) is 14.3. The standard InChI is InChI=1S/C17H15F6NO3S/c1-15(25,17(21,22)23)12-7-9-13(10-8-12)24(11-16(18,19)20)28(26,27)14-5-3-2-4-6-14/h2-10,25H,11H2,1H3. The molecule has 2 rings (SSSR count). The van der Waals surface area contributed by atoms with Crippen molar-refractivity contribution >= 4 is 15.7 Å². The number of benzene rings is 2. The van der Waals surface area contributed by atoms with Gasteiger partial charge in [0.15, 0.2) is 5.60 Å². The number of anilines is 1. The van der Waals surface area contributed by atoms with E-state index in [4.69, 9.17) is 0 Å². The Morgan fingerprint density at radius 2 is 1.39 bits per heavy atom. The van der Waals surface area contributed by atoms with Crippen LogP contribution in [0.25, 0.3) is 0 Å². The highest BCUT2D eigenvalue weighted by molar-refractivity contribution is 7.92. The van der Waals surface area contributed by atoms with E-state index in [0.717, 1.165) is 36.4 Å². The van der Waals surface area contributed by atoms with Crippen LogP contribution in [0.5, 0.6) is 0 Å². The number of nitrogens with zero attached hydrogens (tertiary/aromatic N) is 1. The zero-order chi connectivity index (χ0) is 21.4. The molecule has 1 N–H and O–H groups in total. The molecule has 0 saturated heterocycles. The van der Waals surface area contributed by atoms with Gasteiger partial charge in [-0.1, -0.05) is 30.3 Å². The first-order chi connectivity index (χ1) is 12.7. The van der Waals surface area contributed by atoms with Gasteiger partial charge in [0.1, 0.15) is 6.54 Å². The Hall–Kier alpha value is -2.27. The minimum Gasteiger partial charge on any atom is -0.376 e. The number of rotatable bonds is 5. The topological polar surface area (TPSA) is 57.6 Å². The van der Waals surface area contributed by atoms with E-state index in [0.29, 0.717) is 6.92 Å². The first-order valence-electron chi connectivity index (χ1n) is 7.70. The quantitative estimate of drug-likeness (QED) is 0.728. The smallest absolute Gasteiger partial charge is 0.376 e. The fraction of sp³-hybridized carbons (Fsp3) is 0.294. The highest BCUT2D eigenvalue weighted by Crippen LogP contribution is 2.39. The van der Waals surface area contributed by atoms with Crippen LogP contribution in [0.2, 0.25) is 0 Å². The predicted molar refractivity (Wildman–Crippen MR) is 89.1 cm³/mol. The van der Waals surface area contributed by atoms with Crippen LogP contribution < -0.4 is 4.31 Å². The van der Waals surface area contributed by atoms with E-state index in [2.05, 4.69) is 0 Å². The van der Waals surface area contributed by atoms with Crippen LogP contribution in [0.15, 0.2) is 59.5 Å². The predicted octanol–water partition coefficient (Wildman–Crippen LogP) is 4.21. The van der Waals surface area contributed by atoms with Crippen molar-refractivity contribution in [1.82, 2.24) is 0 Å². The summed E-state index contributed by atoms with van der Waals surface area (Å²) in [5, 5.41) is 9.64. The van der Waals surface area contributed by atoms with Gasteiger partial charge in [0.2, 0.25) is 0 Å². The summed E-state index contributed by atoms with van der Waals surface area (Å²) in [5.74, 6) is 0. The van der Waals surface area contributed by atoms with Crippen LogP contribution in [0.1, 0.15) is 12.5 Å².